The first-order valence-corrected chi connectivity index (χ1v) is 38.2. The van der Waals surface area contributed by atoms with Crippen LogP contribution in [0, 0.1) is 21.7 Å². The van der Waals surface area contributed by atoms with Gasteiger partial charge in [0.2, 0.25) is 23.6 Å². The second-order valence-corrected chi connectivity index (χ2v) is 31.8. The molecule has 0 unspecified atom stereocenters. The summed E-state index contributed by atoms with van der Waals surface area (Å²) >= 11 is 0. The van der Waals surface area contributed by atoms with Gasteiger partial charge in [0.15, 0.2) is 0 Å². The third-order valence-electron chi connectivity index (χ3n) is 25.6. The van der Waals surface area contributed by atoms with Crippen molar-refractivity contribution in [2.24, 2.45) is 21.7 Å². The highest BCUT2D eigenvalue weighted by atomic mass is 16.2. The van der Waals surface area contributed by atoms with E-state index in [2.05, 4.69) is 312 Å². The molecular weight excluding hydrogens is 1320 g/mol. The van der Waals surface area contributed by atoms with Crippen molar-refractivity contribution in [2.45, 2.75) is 51.4 Å². The van der Waals surface area contributed by atoms with Crippen LogP contribution in [0.4, 0.5) is 0 Å². The minimum absolute atomic E-state index is 0.0662. The van der Waals surface area contributed by atoms with Gasteiger partial charge in [-0.05, 0) is 227 Å². The maximum atomic E-state index is 17.4. The lowest BCUT2D eigenvalue weighted by Crippen LogP contribution is -2.61. The highest BCUT2D eigenvalue weighted by molar-refractivity contribution is 6.14. The first kappa shape index (κ1) is 63.9. The van der Waals surface area contributed by atoms with Crippen molar-refractivity contribution < 1.29 is 19.2 Å². The molecule has 4 aliphatic carbocycles. The van der Waals surface area contributed by atoms with Gasteiger partial charge in [0.25, 0.3) is 0 Å². The number of hydrogen-bond donors (Lipinski definition) is 4. The predicted molar refractivity (Wildman–Crippen MR) is 439 cm³/mol. The van der Waals surface area contributed by atoms with E-state index >= 15 is 19.2 Å². The average Bonchev–Trinajstić information content (AvgIpc) is 1.68. The Balaban J connectivity index is 0.796. The zero-order valence-electron chi connectivity index (χ0n) is 59.8. The van der Waals surface area contributed by atoms with Crippen LogP contribution in [0.2, 0.25) is 0 Å². The molecule has 1 heterocycles. The van der Waals surface area contributed by atoms with Gasteiger partial charge in [-0.15, -0.1) is 0 Å². The Labute approximate surface area is 625 Å². The summed E-state index contributed by atoms with van der Waals surface area (Å²) in [4.78, 5) is 69.8. The summed E-state index contributed by atoms with van der Waals surface area (Å²) < 4.78 is 0. The molecule has 0 saturated carbocycles. The summed E-state index contributed by atoms with van der Waals surface area (Å²) in [7, 11) is 0. The highest BCUT2D eigenvalue weighted by Crippen LogP contribution is 2.53. The molecule has 1 saturated heterocycles. The number of amides is 4. The third kappa shape index (κ3) is 9.95. The molecular formula is C100H76N4O4. The van der Waals surface area contributed by atoms with Crippen LogP contribution < -0.4 is 21.3 Å². The van der Waals surface area contributed by atoms with Crippen LogP contribution in [-0.4, -0.2) is 49.8 Å². The molecule has 5 aliphatic rings. The number of benzene rings is 16. The highest BCUT2D eigenvalue weighted by Gasteiger charge is 2.52. The molecule has 4 N–H and O–H groups in total. The van der Waals surface area contributed by atoms with Gasteiger partial charge in [-0.3, -0.25) is 19.2 Å². The van der Waals surface area contributed by atoms with Crippen LogP contribution >= 0.6 is 0 Å². The van der Waals surface area contributed by atoms with E-state index in [1.807, 2.05) is 0 Å². The van der Waals surface area contributed by atoms with E-state index < -0.39 is 21.7 Å². The molecule has 0 bridgehead atoms. The Morgan fingerprint density at radius 1 is 0.167 bits per heavy atom. The number of nitrogens with one attached hydrogen (secondary N) is 4. The average molecular weight is 1400 g/mol. The van der Waals surface area contributed by atoms with Crippen LogP contribution in [0.1, 0.15) is 44.5 Å². The maximum Gasteiger partial charge on any atom is 0.228 e. The Kier molecular flexibility index (Phi) is 14.5. The van der Waals surface area contributed by atoms with Gasteiger partial charge in [-0.1, -0.05) is 291 Å². The lowest BCUT2D eigenvalue weighted by Gasteiger charge is -2.40. The molecule has 21 rings (SSSR count). The SMILES string of the molecule is O=C1NCC2(Cc3ccc4ccccc4c3-c3c(ccc4ccccc34)C2)C(=O)NCC2(Cc3ccc4ccccc4c3-c3c(ccc4ccccc34)C2)C(=O)NCC2(Cc3ccc4ccccc4c3-c3c(ccc4ccccc34)C2)C(=O)NCC12Cc1ccc3ccccc3c1-c1c(ccc3ccccc13)C2. The predicted octanol–water partition coefficient (Wildman–Crippen LogP) is 19.5. The summed E-state index contributed by atoms with van der Waals surface area (Å²) in [5.74, 6) is -1.02. The Morgan fingerprint density at radius 2 is 0.296 bits per heavy atom. The monoisotopic (exact) mass is 1400 g/mol. The fourth-order valence-electron chi connectivity index (χ4n) is 20.5. The Bertz CT molecular complexity index is 5460. The molecule has 1 aliphatic heterocycles. The van der Waals surface area contributed by atoms with E-state index in [4.69, 9.17) is 0 Å². The van der Waals surface area contributed by atoms with E-state index in [1.165, 1.54) is 0 Å². The molecule has 4 spiro atoms. The molecule has 8 nitrogen and oxygen atoms in total. The van der Waals surface area contributed by atoms with Gasteiger partial charge < -0.3 is 21.3 Å². The fourth-order valence-corrected chi connectivity index (χ4v) is 20.5. The first-order chi connectivity index (χ1) is 53.0. The van der Waals surface area contributed by atoms with Crippen molar-refractivity contribution in [3.63, 3.8) is 0 Å². The topological polar surface area (TPSA) is 116 Å². The van der Waals surface area contributed by atoms with Crippen molar-refractivity contribution in [3.8, 4) is 44.5 Å². The minimum Gasteiger partial charge on any atom is -0.354 e. The van der Waals surface area contributed by atoms with Crippen LogP contribution in [0.5, 0.6) is 0 Å². The number of carbonyl (C=O) groups excluding carboxylic acids is 4. The molecule has 16 aromatic rings. The van der Waals surface area contributed by atoms with E-state index in [9.17, 15) is 0 Å². The molecule has 0 radical (unpaired) electrons. The number of fused-ring (bicyclic) bond motifs is 28. The van der Waals surface area contributed by atoms with Crippen LogP contribution in [0.15, 0.2) is 291 Å². The molecule has 4 amide bonds. The summed E-state index contributed by atoms with van der Waals surface area (Å²) in [5, 5.41) is 32.2. The second-order valence-electron chi connectivity index (χ2n) is 31.8. The smallest absolute Gasteiger partial charge is 0.228 e. The van der Waals surface area contributed by atoms with Crippen molar-refractivity contribution in [3.05, 3.63) is 336 Å². The van der Waals surface area contributed by atoms with Crippen LogP contribution in [0.3, 0.4) is 0 Å². The Hall–Kier alpha value is -12.5. The van der Waals surface area contributed by atoms with Crippen LogP contribution in [0.25, 0.3) is 131 Å². The van der Waals surface area contributed by atoms with Crippen LogP contribution in [-0.2, 0) is 70.5 Å². The number of hydrogen-bond acceptors (Lipinski definition) is 4. The fraction of sp³-hybridized carbons (Fsp3) is 0.160. The number of carbonyl (C=O) groups is 4. The van der Waals surface area contributed by atoms with E-state index in [1.54, 1.807) is 0 Å². The standard InChI is InChI=1S/C100H76N4O4/c105-93-97(49-69-41-33-61-17-1-9-25-77(61)85(69)86-70(50-97)42-34-62-18-2-10-26-78(62)86)57-101-94(106)99(53-73-45-37-65-21-5-13-29-81(65)89(73)90-74(54-99)46-38-66-22-6-14-30-82(66)90)59-103-96(108)100(55-75-47-39-67-23-7-15-31-83(67)91(75)92-76(56-100)48-40-68-24-8-16-32-84(68)92)60-104-95(107)98(58-102-93)51-71-43-35-63-19-3-11-27-79(63)87(71)88-72(52-98)44-36-64-20-4-12-28-80(64)88/h1-48H,49-60H2,(H,101,106)(H,102,105)(H,103,108)(H,104,107). The van der Waals surface area contributed by atoms with Gasteiger partial charge in [0, 0.05) is 26.2 Å². The zero-order chi connectivity index (χ0) is 72.0. The van der Waals surface area contributed by atoms with E-state index in [0.29, 0.717) is 0 Å². The molecule has 0 aromatic heterocycles. The minimum atomic E-state index is -1.36. The van der Waals surface area contributed by atoms with Crippen molar-refractivity contribution in [1.29, 1.82) is 0 Å². The largest absolute Gasteiger partial charge is 0.354 e. The summed E-state index contributed by atoms with van der Waals surface area (Å²) in [6.45, 7) is -0.265. The normalized spacial score (nSPS) is 17.1. The quantitative estimate of drug-likeness (QED) is 0.121. The van der Waals surface area contributed by atoms with Gasteiger partial charge in [0.1, 0.15) is 0 Å². The number of rotatable bonds is 0. The van der Waals surface area contributed by atoms with Gasteiger partial charge in [0.05, 0.1) is 21.7 Å². The molecule has 0 atom stereocenters. The van der Waals surface area contributed by atoms with Gasteiger partial charge in [-0.2, -0.15) is 0 Å². The van der Waals surface area contributed by atoms with Crippen molar-refractivity contribution >= 4 is 110 Å². The third-order valence-corrected chi connectivity index (χ3v) is 25.6. The molecule has 16 aromatic carbocycles. The van der Waals surface area contributed by atoms with Gasteiger partial charge >= 0.3 is 0 Å². The Morgan fingerprint density at radius 3 is 0.435 bits per heavy atom. The van der Waals surface area contributed by atoms with E-state index in [-0.39, 0.29) is 101 Å². The van der Waals surface area contributed by atoms with E-state index in [0.717, 1.165) is 175 Å². The first-order valence-electron chi connectivity index (χ1n) is 38.2. The maximum absolute atomic E-state index is 17.4. The molecule has 8 heteroatoms. The lowest BCUT2D eigenvalue weighted by atomic mass is 9.72. The lowest BCUT2D eigenvalue weighted by molar-refractivity contribution is -0.137. The molecule has 108 heavy (non-hydrogen) atoms. The summed E-state index contributed by atoms with van der Waals surface area (Å²) in [6, 6.07) is 103. The van der Waals surface area contributed by atoms with Gasteiger partial charge in [-0.25, -0.2) is 0 Å². The van der Waals surface area contributed by atoms with Crippen molar-refractivity contribution in [1.82, 2.24) is 21.3 Å². The second kappa shape index (κ2) is 24.5. The van der Waals surface area contributed by atoms with Crippen molar-refractivity contribution in [2.75, 3.05) is 26.2 Å². The molecule has 1 fully saturated rings. The zero-order valence-corrected chi connectivity index (χ0v) is 59.8. The molecule has 520 valence electrons. The summed E-state index contributed by atoms with van der Waals surface area (Å²) in [5.41, 5.74) is 11.0. The summed E-state index contributed by atoms with van der Waals surface area (Å²) in [6.07, 6.45) is 2.07.